The van der Waals surface area contributed by atoms with Gasteiger partial charge in [0.25, 0.3) is 0 Å². The molecule has 0 bridgehead atoms. The smallest absolute Gasteiger partial charge is 0.207 e. The molecule has 0 radical (unpaired) electrons. The van der Waals surface area contributed by atoms with E-state index in [1.54, 1.807) is 0 Å². The maximum absolute atomic E-state index is 11.9. The average Bonchev–Trinajstić information content (AvgIpc) is 2.55. The largest absolute Gasteiger partial charge is 0.482 e. The molecule has 1 aromatic rings. The average molecular weight is 204 g/mol. The van der Waals surface area contributed by atoms with Crippen LogP contribution < -0.4 is 4.74 Å². The summed E-state index contributed by atoms with van der Waals surface area (Å²) >= 11 is 0. The number of rotatable bonds is 2. The van der Waals surface area contributed by atoms with Crippen molar-refractivity contribution in [2.45, 2.75) is 39.2 Å². The summed E-state index contributed by atoms with van der Waals surface area (Å²) in [5.74, 6) is 1.33. The quantitative estimate of drug-likeness (QED) is 0.739. The Kier molecular flexibility index (Phi) is 2.51. The van der Waals surface area contributed by atoms with Crippen LogP contribution in [0, 0.1) is 0 Å². The monoisotopic (exact) mass is 204 g/mol. The van der Waals surface area contributed by atoms with E-state index in [0.717, 1.165) is 17.7 Å². The molecular weight excluding hydrogens is 188 g/mol. The van der Waals surface area contributed by atoms with Gasteiger partial charge in [0, 0.05) is 0 Å². The lowest BCUT2D eigenvalue weighted by Gasteiger charge is -2.06. The van der Waals surface area contributed by atoms with E-state index < -0.39 is 0 Å². The normalized spacial score (nSPS) is 19.2. The van der Waals surface area contributed by atoms with Gasteiger partial charge in [-0.2, -0.15) is 0 Å². The Bertz CT molecular complexity index is 394. The number of hydrogen-bond acceptors (Lipinski definition) is 2. The van der Waals surface area contributed by atoms with Gasteiger partial charge in [0.2, 0.25) is 5.78 Å². The first-order valence-electron chi connectivity index (χ1n) is 5.48. The summed E-state index contributed by atoms with van der Waals surface area (Å²) in [7, 11) is 0. The van der Waals surface area contributed by atoms with Crippen molar-refractivity contribution >= 4 is 5.78 Å². The summed E-state index contributed by atoms with van der Waals surface area (Å²) < 4.78 is 5.55. The number of Topliss-reactive ketones (excluding diaryl/α,β-unsaturated/α-hetero) is 1. The number of ketones is 1. The molecule has 1 heterocycles. The van der Waals surface area contributed by atoms with Crippen LogP contribution in [0.15, 0.2) is 18.2 Å². The molecule has 2 rings (SSSR count). The summed E-state index contributed by atoms with van der Waals surface area (Å²) in [6.45, 7) is 6.22. The number of benzene rings is 1. The SMILES string of the molecule is CCC1Oc2ccc(C(C)C)cc2C1=O. The zero-order valence-electron chi connectivity index (χ0n) is 9.41. The Hall–Kier alpha value is -1.31. The van der Waals surface area contributed by atoms with Crippen molar-refractivity contribution in [2.24, 2.45) is 0 Å². The van der Waals surface area contributed by atoms with Crippen LogP contribution in [0.3, 0.4) is 0 Å². The van der Waals surface area contributed by atoms with Crippen LogP contribution in [-0.2, 0) is 0 Å². The van der Waals surface area contributed by atoms with E-state index in [2.05, 4.69) is 13.8 Å². The lowest BCUT2D eigenvalue weighted by atomic mass is 9.98. The van der Waals surface area contributed by atoms with E-state index in [-0.39, 0.29) is 11.9 Å². The summed E-state index contributed by atoms with van der Waals surface area (Å²) in [4.78, 5) is 11.9. The Morgan fingerprint density at radius 2 is 2.13 bits per heavy atom. The highest BCUT2D eigenvalue weighted by Crippen LogP contribution is 2.32. The van der Waals surface area contributed by atoms with Gasteiger partial charge in [0.15, 0.2) is 6.10 Å². The van der Waals surface area contributed by atoms with Crippen molar-refractivity contribution in [3.8, 4) is 5.75 Å². The summed E-state index contributed by atoms with van der Waals surface area (Å²) in [6, 6.07) is 5.92. The van der Waals surface area contributed by atoms with Crippen LogP contribution in [0.5, 0.6) is 5.75 Å². The molecule has 1 unspecified atom stereocenters. The fourth-order valence-electron chi connectivity index (χ4n) is 1.85. The molecule has 2 nitrogen and oxygen atoms in total. The Morgan fingerprint density at radius 1 is 1.40 bits per heavy atom. The highest BCUT2D eigenvalue weighted by atomic mass is 16.5. The van der Waals surface area contributed by atoms with Crippen molar-refractivity contribution < 1.29 is 9.53 Å². The Labute approximate surface area is 90.3 Å². The van der Waals surface area contributed by atoms with Crippen molar-refractivity contribution in [3.63, 3.8) is 0 Å². The minimum Gasteiger partial charge on any atom is -0.482 e. The molecule has 1 aliphatic heterocycles. The molecular formula is C13H16O2. The second-order valence-corrected chi connectivity index (χ2v) is 4.29. The first-order chi connectivity index (χ1) is 7.13. The number of ether oxygens (including phenoxy) is 1. The molecule has 15 heavy (non-hydrogen) atoms. The van der Waals surface area contributed by atoms with E-state index in [4.69, 9.17) is 4.74 Å². The van der Waals surface area contributed by atoms with Gasteiger partial charge in [0.1, 0.15) is 5.75 Å². The molecule has 0 saturated heterocycles. The van der Waals surface area contributed by atoms with Crippen LogP contribution in [0.4, 0.5) is 0 Å². The maximum atomic E-state index is 11.9. The molecule has 1 aliphatic rings. The lowest BCUT2D eigenvalue weighted by molar-refractivity contribution is 0.0853. The molecule has 1 aromatic carbocycles. The fraction of sp³-hybridized carbons (Fsp3) is 0.462. The van der Waals surface area contributed by atoms with Crippen LogP contribution >= 0.6 is 0 Å². The highest BCUT2D eigenvalue weighted by Gasteiger charge is 2.30. The van der Waals surface area contributed by atoms with Gasteiger partial charge in [-0.3, -0.25) is 4.79 Å². The van der Waals surface area contributed by atoms with Gasteiger partial charge in [0.05, 0.1) is 5.56 Å². The molecule has 2 heteroatoms. The standard InChI is InChI=1S/C13H16O2/c1-4-11-13(14)10-7-9(8(2)3)5-6-12(10)15-11/h5-8,11H,4H2,1-3H3. The predicted molar refractivity (Wildman–Crippen MR) is 59.6 cm³/mol. The third-order valence-electron chi connectivity index (χ3n) is 2.87. The van der Waals surface area contributed by atoms with E-state index in [9.17, 15) is 4.79 Å². The van der Waals surface area contributed by atoms with Crippen LogP contribution in [-0.4, -0.2) is 11.9 Å². The lowest BCUT2D eigenvalue weighted by Crippen LogP contribution is -2.18. The minimum absolute atomic E-state index is 0.134. The van der Waals surface area contributed by atoms with Gasteiger partial charge in [-0.1, -0.05) is 26.8 Å². The summed E-state index contributed by atoms with van der Waals surface area (Å²) in [5.41, 5.74) is 1.95. The summed E-state index contributed by atoms with van der Waals surface area (Å²) in [5, 5.41) is 0. The third kappa shape index (κ3) is 1.65. The second-order valence-electron chi connectivity index (χ2n) is 4.29. The maximum Gasteiger partial charge on any atom is 0.207 e. The zero-order chi connectivity index (χ0) is 11.0. The topological polar surface area (TPSA) is 26.3 Å². The number of carbonyl (C=O) groups excluding carboxylic acids is 1. The number of carbonyl (C=O) groups is 1. The number of fused-ring (bicyclic) bond motifs is 1. The Morgan fingerprint density at radius 3 is 2.73 bits per heavy atom. The van der Waals surface area contributed by atoms with Gasteiger partial charge >= 0.3 is 0 Å². The first kappa shape index (κ1) is 10.2. The molecule has 0 saturated carbocycles. The number of hydrogen-bond donors (Lipinski definition) is 0. The van der Waals surface area contributed by atoms with Gasteiger partial charge in [-0.25, -0.2) is 0 Å². The van der Waals surface area contributed by atoms with Gasteiger partial charge in [-0.15, -0.1) is 0 Å². The van der Waals surface area contributed by atoms with Gasteiger partial charge in [-0.05, 0) is 30.0 Å². The molecule has 0 N–H and O–H groups in total. The molecule has 0 aromatic heterocycles. The third-order valence-corrected chi connectivity index (χ3v) is 2.87. The van der Waals surface area contributed by atoms with Crippen molar-refractivity contribution in [3.05, 3.63) is 29.3 Å². The van der Waals surface area contributed by atoms with Crippen molar-refractivity contribution in [1.82, 2.24) is 0 Å². The minimum atomic E-state index is -0.262. The fourth-order valence-corrected chi connectivity index (χ4v) is 1.85. The molecule has 0 aliphatic carbocycles. The Balaban J connectivity index is 2.40. The van der Waals surface area contributed by atoms with E-state index in [0.29, 0.717) is 5.92 Å². The molecule has 1 atom stereocenters. The first-order valence-corrected chi connectivity index (χ1v) is 5.48. The molecule has 80 valence electrons. The van der Waals surface area contributed by atoms with Crippen molar-refractivity contribution in [2.75, 3.05) is 0 Å². The van der Waals surface area contributed by atoms with Crippen molar-refractivity contribution in [1.29, 1.82) is 0 Å². The van der Waals surface area contributed by atoms with Crippen LogP contribution in [0.2, 0.25) is 0 Å². The van der Waals surface area contributed by atoms with Crippen LogP contribution in [0.1, 0.15) is 49.0 Å². The molecule has 0 spiro atoms. The van der Waals surface area contributed by atoms with Gasteiger partial charge < -0.3 is 4.74 Å². The molecule has 0 amide bonds. The van der Waals surface area contributed by atoms with E-state index >= 15 is 0 Å². The molecule has 0 fully saturated rings. The highest BCUT2D eigenvalue weighted by molar-refractivity contribution is 6.04. The van der Waals surface area contributed by atoms with E-state index in [1.165, 1.54) is 5.56 Å². The van der Waals surface area contributed by atoms with E-state index in [1.807, 2.05) is 25.1 Å². The zero-order valence-corrected chi connectivity index (χ0v) is 9.41. The summed E-state index contributed by atoms with van der Waals surface area (Å²) in [6.07, 6.45) is 0.479. The van der Waals surface area contributed by atoms with Crippen LogP contribution in [0.25, 0.3) is 0 Å². The predicted octanol–water partition coefficient (Wildman–Crippen LogP) is 3.16. The second kappa shape index (κ2) is 3.69.